The SMILES string of the molecule is NCC(=O)NCC(=O)N1CCCN2CCCC2C1. The number of carbonyl (C=O) groups is 2. The number of nitrogens with one attached hydrogen (secondary N) is 1. The molecular formula is C12H22N4O2. The van der Waals surface area contributed by atoms with Gasteiger partial charge in [0, 0.05) is 25.7 Å². The Kier molecular flexibility index (Phi) is 4.54. The van der Waals surface area contributed by atoms with Gasteiger partial charge in [-0.2, -0.15) is 0 Å². The standard InChI is InChI=1S/C12H22N4O2/c13-7-11(17)14-8-12(18)16-6-2-5-15-4-1-3-10(15)9-16/h10H,1-9,13H2,(H,14,17). The summed E-state index contributed by atoms with van der Waals surface area (Å²) in [4.78, 5) is 27.4. The highest BCUT2D eigenvalue weighted by atomic mass is 16.2. The van der Waals surface area contributed by atoms with Crippen LogP contribution in [0.2, 0.25) is 0 Å². The Bertz CT molecular complexity index is 321. The van der Waals surface area contributed by atoms with E-state index in [9.17, 15) is 9.59 Å². The molecule has 2 heterocycles. The zero-order valence-electron chi connectivity index (χ0n) is 10.7. The fourth-order valence-corrected chi connectivity index (χ4v) is 2.79. The van der Waals surface area contributed by atoms with Crippen molar-refractivity contribution in [2.24, 2.45) is 5.73 Å². The van der Waals surface area contributed by atoms with E-state index in [4.69, 9.17) is 5.73 Å². The molecule has 2 saturated heterocycles. The molecular weight excluding hydrogens is 232 g/mol. The van der Waals surface area contributed by atoms with E-state index >= 15 is 0 Å². The lowest BCUT2D eigenvalue weighted by atomic mass is 10.2. The Morgan fingerprint density at radius 2 is 2.00 bits per heavy atom. The molecule has 3 N–H and O–H groups in total. The first-order chi connectivity index (χ1) is 8.70. The summed E-state index contributed by atoms with van der Waals surface area (Å²) in [5.41, 5.74) is 5.19. The van der Waals surface area contributed by atoms with Crippen molar-refractivity contribution in [1.29, 1.82) is 0 Å². The number of carbonyl (C=O) groups excluding carboxylic acids is 2. The molecule has 6 nitrogen and oxygen atoms in total. The van der Waals surface area contributed by atoms with E-state index in [-0.39, 0.29) is 24.9 Å². The van der Waals surface area contributed by atoms with Crippen molar-refractivity contribution in [3.8, 4) is 0 Å². The van der Waals surface area contributed by atoms with E-state index in [1.165, 1.54) is 12.8 Å². The highest BCUT2D eigenvalue weighted by Crippen LogP contribution is 2.21. The molecule has 2 amide bonds. The van der Waals surface area contributed by atoms with Gasteiger partial charge in [0.1, 0.15) is 0 Å². The van der Waals surface area contributed by atoms with Gasteiger partial charge in [-0.25, -0.2) is 0 Å². The van der Waals surface area contributed by atoms with Crippen LogP contribution in [0, 0.1) is 0 Å². The first kappa shape index (κ1) is 13.3. The molecule has 0 bridgehead atoms. The molecule has 1 atom stereocenters. The molecule has 18 heavy (non-hydrogen) atoms. The summed E-state index contributed by atoms with van der Waals surface area (Å²) in [5, 5.41) is 2.54. The van der Waals surface area contributed by atoms with E-state index in [1.807, 2.05) is 4.90 Å². The lowest BCUT2D eigenvalue weighted by Crippen LogP contribution is -2.45. The predicted octanol–water partition coefficient (Wildman–Crippen LogP) is -1.24. The summed E-state index contributed by atoms with van der Waals surface area (Å²) < 4.78 is 0. The summed E-state index contributed by atoms with van der Waals surface area (Å²) in [6.45, 7) is 3.86. The molecule has 0 spiro atoms. The van der Waals surface area contributed by atoms with E-state index in [0.29, 0.717) is 6.04 Å². The molecule has 6 heteroatoms. The largest absolute Gasteiger partial charge is 0.346 e. The van der Waals surface area contributed by atoms with Gasteiger partial charge < -0.3 is 16.0 Å². The molecule has 0 aromatic heterocycles. The molecule has 0 aromatic carbocycles. The second-order valence-electron chi connectivity index (χ2n) is 5.01. The van der Waals surface area contributed by atoms with Crippen molar-refractivity contribution in [3.05, 3.63) is 0 Å². The normalized spacial score (nSPS) is 24.5. The molecule has 102 valence electrons. The van der Waals surface area contributed by atoms with Gasteiger partial charge in [0.15, 0.2) is 0 Å². The summed E-state index contributed by atoms with van der Waals surface area (Å²) in [7, 11) is 0. The van der Waals surface area contributed by atoms with Gasteiger partial charge in [-0.15, -0.1) is 0 Å². The number of nitrogens with two attached hydrogens (primary N) is 1. The number of hydrogen-bond acceptors (Lipinski definition) is 4. The number of nitrogens with zero attached hydrogens (tertiary/aromatic N) is 2. The Morgan fingerprint density at radius 3 is 2.78 bits per heavy atom. The number of fused-ring (bicyclic) bond motifs is 1. The van der Waals surface area contributed by atoms with E-state index < -0.39 is 0 Å². The minimum absolute atomic E-state index is 0.00514. The first-order valence-electron chi connectivity index (χ1n) is 6.69. The average molecular weight is 254 g/mol. The third-order valence-electron chi connectivity index (χ3n) is 3.78. The van der Waals surface area contributed by atoms with Crippen molar-refractivity contribution in [2.75, 3.05) is 39.3 Å². The van der Waals surface area contributed by atoms with Crippen LogP contribution < -0.4 is 11.1 Å². The molecule has 2 aliphatic heterocycles. The summed E-state index contributed by atoms with van der Waals surface area (Å²) in [6.07, 6.45) is 3.43. The van der Waals surface area contributed by atoms with E-state index in [0.717, 1.165) is 32.6 Å². The maximum Gasteiger partial charge on any atom is 0.242 e. The third kappa shape index (κ3) is 3.20. The fraction of sp³-hybridized carbons (Fsp3) is 0.833. The summed E-state index contributed by atoms with van der Waals surface area (Å²) in [5.74, 6) is -0.272. The van der Waals surface area contributed by atoms with Crippen molar-refractivity contribution >= 4 is 11.8 Å². The van der Waals surface area contributed by atoms with Gasteiger partial charge in [0.25, 0.3) is 0 Å². The van der Waals surface area contributed by atoms with Gasteiger partial charge in [-0.1, -0.05) is 0 Å². The van der Waals surface area contributed by atoms with Crippen LogP contribution in [0.25, 0.3) is 0 Å². The zero-order valence-corrected chi connectivity index (χ0v) is 10.7. The molecule has 0 aliphatic carbocycles. The van der Waals surface area contributed by atoms with Crippen LogP contribution in [0.5, 0.6) is 0 Å². The zero-order chi connectivity index (χ0) is 13.0. The quantitative estimate of drug-likeness (QED) is 0.660. The van der Waals surface area contributed by atoms with Gasteiger partial charge in [-0.05, 0) is 25.8 Å². The van der Waals surface area contributed by atoms with Crippen molar-refractivity contribution in [2.45, 2.75) is 25.3 Å². The van der Waals surface area contributed by atoms with Gasteiger partial charge in [0.05, 0.1) is 13.1 Å². The average Bonchev–Trinajstić information content (AvgIpc) is 2.72. The maximum absolute atomic E-state index is 12.0. The predicted molar refractivity (Wildman–Crippen MR) is 67.9 cm³/mol. The minimum Gasteiger partial charge on any atom is -0.346 e. The first-order valence-corrected chi connectivity index (χ1v) is 6.69. The van der Waals surface area contributed by atoms with Crippen LogP contribution in [0.1, 0.15) is 19.3 Å². The van der Waals surface area contributed by atoms with E-state index in [1.54, 1.807) is 0 Å². The Hall–Kier alpha value is -1.14. The monoisotopic (exact) mass is 254 g/mol. The number of rotatable bonds is 3. The van der Waals surface area contributed by atoms with Crippen molar-refractivity contribution in [1.82, 2.24) is 15.1 Å². The van der Waals surface area contributed by atoms with Gasteiger partial charge in [0.2, 0.25) is 11.8 Å². The lowest BCUT2D eigenvalue weighted by Gasteiger charge is -2.25. The Balaban J connectivity index is 1.83. The van der Waals surface area contributed by atoms with Crippen molar-refractivity contribution < 1.29 is 9.59 Å². The maximum atomic E-state index is 12.0. The molecule has 0 saturated carbocycles. The summed E-state index contributed by atoms with van der Waals surface area (Å²) in [6, 6.07) is 0.515. The molecule has 2 fully saturated rings. The minimum atomic E-state index is -0.277. The topological polar surface area (TPSA) is 78.7 Å². The van der Waals surface area contributed by atoms with Gasteiger partial charge in [-0.3, -0.25) is 14.5 Å². The second kappa shape index (κ2) is 6.15. The van der Waals surface area contributed by atoms with Crippen LogP contribution >= 0.6 is 0 Å². The molecule has 0 radical (unpaired) electrons. The van der Waals surface area contributed by atoms with Crippen LogP contribution in [0.4, 0.5) is 0 Å². The molecule has 2 rings (SSSR count). The highest BCUT2D eigenvalue weighted by molar-refractivity contribution is 5.85. The van der Waals surface area contributed by atoms with Crippen LogP contribution in [0.15, 0.2) is 0 Å². The van der Waals surface area contributed by atoms with Crippen LogP contribution in [0.3, 0.4) is 0 Å². The molecule has 0 aromatic rings. The highest BCUT2D eigenvalue weighted by Gasteiger charge is 2.30. The van der Waals surface area contributed by atoms with Gasteiger partial charge >= 0.3 is 0 Å². The fourth-order valence-electron chi connectivity index (χ4n) is 2.79. The Morgan fingerprint density at radius 1 is 1.22 bits per heavy atom. The lowest BCUT2D eigenvalue weighted by molar-refractivity contribution is -0.132. The van der Waals surface area contributed by atoms with Crippen LogP contribution in [-0.4, -0.2) is 66.9 Å². The van der Waals surface area contributed by atoms with Crippen molar-refractivity contribution in [3.63, 3.8) is 0 Å². The summed E-state index contributed by atoms with van der Waals surface area (Å²) >= 11 is 0. The number of hydrogen-bond donors (Lipinski definition) is 2. The smallest absolute Gasteiger partial charge is 0.242 e. The number of amides is 2. The van der Waals surface area contributed by atoms with E-state index in [2.05, 4.69) is 10.2 Å². The third-order valence-corrected chi connectivity index (χ3v) is 3.78. The second-order valence-corrected chi connectivity index (χ2v) is 5.01. The molecule has 1 unspecified atom stereocenters. The molecule has 2 aliphatic rings. The Labute approximate surface area is 107 Å². The van der Waals surface area contributed by atoms with Crippen LogP contribution in [-0.2, 0) is 9.59 Å².